The minimum absolute atomic E-state index is 0.00651. The van der Waals surface area contributed by atoms with E-state index >= 15 is 0 Å². The Hall–Kier alpha value is -2.67. The molecule has 1 amide bonds. The lowest BCUT2D eigenvalue weighted by molar-refractivity contribution is -0.119. The number of aromatic nitrogens is 4. The summed E-state index contributed by atoms with van der Waals surface area (Å²) in [6, 6.07) is 13.9. The summed E-state index contributed by atoms with van der Waals surface area (Å²) in [5, 5.41) is 12.3. The summed E-state index contributed by atoms with van der Waals surface area (Å²) < 4.78 is 1.90. The van der Waals surface area contributed by atoms with E-state index in [4.69, 9.17) is 0 Å². The van der Waals surface area contributed by atoms with E-state index in [-0.39, 0.29) is 11.9 Å². The van der Waals surface area contributed by atoms with Crippen molar-refractivity contribution in [2.24, 2.45) is 13.0 Å². The van der Waals surface area contributed by atoms with Crippen LogP contribution in [0.1, 0.15) is 31.9 Å². The van der Waals surface area contributed by atoms with Gasteiger partial charge in [0.05, 0.1) is 11.8 Å². The third kappa shape index (κ3) is 5.19. The van der Waals surface area contributed by atoms with Crippen LogP contribution in [0.15, 0.2) is 60.0 Å². The van der Waals surface area contributed by atoms with Crippen LogP contribution in [0, 0.1) is 5.92 Å². The first-order valence-electron chi connectivity index (χ1n) is 9.31. The van der Waals surface area contributed by atoms with Crippen LogP contribution >= 0.6 is 11.8 Å². The maximum absolute atomic E-state index is 12.6. The minimum atomic E-state index is -0.00651. The molecule has 7 heteroatoms. The number of hydrogen-bond acceptors (Lipinski definition) is 5. The van der Waals surface area contributed by atoms with Gasteiger partial charge >= 0.3 is 0 Å². The Bertz CT molecular complexity index is 896. The van der Waals surface area contributed by atoms with Crippen molar-refractivity contribution in [3.8, 4) is 11.4 Å². The zero-order valence-electron chi connectivity index (χ0n) is 16.4. The van der Waals surface area contributed by atoms with Crippen LogP contribution < -0.4 is 5.32 Å². The number of benzene rings is 1. The second-order valence-electron chi connectivity index (χ2n) is 7.05. The van der Waals surface area contributed by atoms with Crippen LogP contribution in [0.3, 0.4) is 0 Å². The van der Waals surface area contributed by atoms with Gasteiger partial charge in [-0.25, -0.2) is 0 Å². The Kier molecular flexibility index (Phi) is 6.81. The van der Waals surface area contributed by atoms with Crippen molar-refractivity contribution in [3.63, 3.8) is 0 Å². The lowest BCUT2D eigenvalue weighted by Crippen LogP contribution is -2.31. The van der Waals surface area contributed by atoms with Crippen LogP contribution in [0.2, 0.25) is 0 Å². The molecule has 3 aromatic rings. The largest absolute Gasteiger partial charge is 0.349 e. The first-order chi connectivity index (χ1) is 13.5. The number of rotatable bonds is 8. The first-order valence-corrected chi connectivity index (χ1v) is 10.3. The van der Waals surface area contributed by atoms with Gasteiger partial charge in [0.2, 0.25) is 5.91 Å². The molecule has 0 unspecified atom stereocenters. The molecule has 28 heavy (non-hydrogen) atoms. The van der Waals surface area contributed by atoms with E-state index < -0.39 is 0 Å². The lowest BCUT2D eigenvalue weighted by Gasteiger charge is -2.21. The number of pyridine rings is 1. The molecule has 0 aliphatic heterocycles. The van der Waals surface area contributed by atoms with Gasteiger partial charge in [0.15, 0.2) is 11.0 Å². The molecule has 0 saturated heterocycles. The normalized spacial score (nSPS) is 12.1. The van der Waals surface area contributed by atoms with E-state index in [0.717, 1.165) is 23.4 Å². The van der Waals surface area contributed by atoms with Gasteiger partial charge in [-0.15, -0.1) is 10.2 Å². The number of carbonyl (C=O) groups is 1. The molecule has 2 heterocycles. The fourth-order valence-electron chi connectivity index (χ4n) is 2.99. The third-order valence-electron chi connectivity index (χ3n) is 4.35. The molecule has 146 valence electrons. The van der Waals surface area contributed by atoms with Gasteiger partial charge in [-0.2, -0.15) is 0 Å². The average molecular weight is 396 g/mol. The summed E-state index contributed by atoms with van der Waals surface area (Å²) in [6.07, 6.45) is 4.35. The second kappa shape index (κ2) is 9.50. The number of nitrogens with zero attached hydrogens (tertiary/aromatic N) is 4. The molecular formula is C21H25N5OS. The average Bonchev–Trinajstić information content (AvgIpc) is 3.07. The summed E-state index contributed by atoms with van der Waals surface area (Å²) in [6.45, 7) is 4.33. The predicted molar refractivity (Wildman–Crippen MR) is 112 cm³/mol. The van der Waals surface area contributed by atoms with Crippen LogP contribution in [0.5, 0.6) is 0 Å². The molecular weight excluding hydrogens is 370 g/mol. The summed E-state index contributed by atoms with van der Waals surface area (Å²) in [7, 11) is 1.90. The topological polar surface area (TPSA) is 72.7 Å². The Morgan fingerprint density at radius 2 is 1.82 bits per heavy atom. The highest BCUT2D eigenvalue weighted by atomic mass is 32.2. The van der Waals surface area contributed by atoms with E-state index in [1.807, 2.05) is 41.9 Å². The van der Waals surface area contributed by atoms with Gasteiger partial charge in [0.1, 0.15) is 0 Å². The van der Waals surface area contributed by atoms with Crippen molar-refractivity contribution >= 4 is 17.7 Å². The summed E-state index contributed by atoms with van der Waals surface area (Å²) >= 11 is 1.39. The Labute approximate surface area is 169 Å². The molecule has 0 bridgehead atoms. The van der Waals surface area contributed by atoms with E-state index in [2.05, 4.69) is 46.5 Å². The van der Waals surface area contributed by atoms with Gasteiger partial charge in [-0.3, -0.25) is 9.78 Å². The first kappa shape index (κ1) is 20.1. The molecule has 3 rings (SSSR count). The predicted octanol–water partition coefficient (Wildman–Crippen LogP) is 3.87. The van der Waals surface area contributed by atoms with Crippen molar-refractivity contribution in [2.45, 2.75) is 31.5 Å². The van der Waals surface area contributed by atoms with Crippen LogP contribution in [0.25, 0.3) is 11.4 Å². The van der Waals surface area contributed by atoms with Crippen molar-refractivity contribution in [3.05, 3.63) is 60.4 Å². The van der Waals surface area contributed by atoms with Crippen molar-refractivity contribution in [1.82, 2.24) is 25.1 Å². The summed E-state index contributed by atoms with van der Waals surface area (Å²) in [5.41, 5.74) is 2.08. The van der Waals surface area contributed by atoms with E-state index in [0.29, 0.717) is 16.8 Å². The maximum atomic E-state index is 12.6. The number of thioether (sulfide) groups is 1. The van der Waals surface area contributed by atoms with E-state index in [1.165, 1.54) is 11.8 Å². The van der Waals surface area contributed by atoms with Crippen molar-refractivity contribution in [2.75, 3.05) is 5.75 Å². The molecule has 1 aromatic carbocycles. The van der Waals surface area contributed by atoms with Crippen LogP contribution in [0.4, 0.5) is 0 Å². The Balaban J connectivity index is 1.63. The molecule has 0 aliphatic carbocycles. The summed E-state index contributed by atoms with van der Waals surface area (Å²) in [5.74, 6) is 1.53. The molecule has 0 aliphatic rings. The fraction of sp³-hybridized carbons (Fsp3) is 0.333. The molecule has 0 spiro atoms. The Morgan fingerprint density at radius 3 is 2.50 bits per heavy atom. The van der Waals surface area contributed by atoms with Gasteiger partial charge in [-0.1, -0.05) is 55.9 Å². The molecule has 1 atom stereocenters. The van der Waals surface area contributed by atoms with Gasteiger partial charge in [0.25, 0.3) is 0 Å². The molecule has 0 fully saturated rings. The fourth-order valence-corrected chi connectivity index (χ4v) is 3.72. The number of amides is 1. The number of nitrogens with one attached hydrogen (secondary N) is 1. The standard InChI is InChI=1S/C21H25N5OS/c1-15(2)13-18(16-7-5-4-6-8-16)23-19(27)14-28-21-25-24-20(26(21)3)17-9-11-22-12-10-17/h4-12,15,18H,13-14H2,1-3H3,(H,23,27)/t18-/m0/s1. The zero-order chi connectivity index (χ0) is 19.9. The van der Waals surface area contributed by atoms with E-state index in [9.17, 15) is 4.79 Å². The molecule has 0 radical (unpaired) electrons. The van der Waals surface area contributed by atoms with Gasteiger partial charge in [-0.05, 0) is 30.0 Å². The molecule has 0 saturated carbocycles. The number of carbonyl (C=O) groups excluding carboxylic acids is 1. The highest BCUT2D eigenvalue weighted by molar-refractivity contribution is 7.99. The third-order valence-corrected chi connectivity index (χ3v) is 5.37. The summed E-state index contributed by atoms with van der Waals surface area (Å²) in [4.78, 5) is 16.6. The lowest BCUT2D eigenvalue weighted by atomic mass is 9.97. The smallest absolute Gasteiger partial charge is 0.230 e. The van der Waals surface area contributed by atoms with Crippen LogP contribution in [-0.4, -0.2) is 31.4 Å². The minimum Gasteiger partial charge on any atom is -0.349 e. The highest BCUT2D eigenvalue weighted by Crippen LogP contribution is 2.24. The van der Waals surface area contributed by atoms with Crippen LogP contribution in [-0.2, 0) is 11.8 Å². The Morgan fingerprint density at radius 1 is 1.11 bits per heavy atom. The maximum Gasteiger partial charge on any atom is 0.230 e. The van der Waals surface area contributed by atoms with Crippen molar-refractivity contribution in [1.29, 1.82) is 0 Å². The van der Waals surface area contributed by atoms with E-state index in [1.54, 1.807) is 12.4 Å². The van der Waals surface area contributed by atoms with Crippen molar-refractivity contribution < 1.29 is 4.79 Å². The SMILES string of the molecule is CC(C)C[C@H](NC(=O)CSc1nnc(-c2ccncc2)n1C)c1ccccc1. The number of hydrogen-bond donors (Lipinski definition) is 1. The zero-order valence-corrected chi connectivity index (χ0v) is 17.2. The second-order valence-corrected chi connectivity index (χ2v) is 7.99. The van der Waals surface area contributed by atoms with Gasteiger partial charge < -0.3 is 9.88 Å². The molecule has 2 aromatic heterocycles. The highest BCUT2D eigenvalue weighted by Gasteiger charge is 2.17. The molecule has 6 nitrogen and oxygen atoms in total. The quantitative estimate of drug-likeness (QED) is 0.586. The van der Waals surface area contributed by atoms with Gasteiger partial charge in [0, 0.05) is 25.0 Å². The molecule has 1 N–H and O–H groups in total. The monoisotopic (exact) mass is 395 g/mol.